The molecule has 4 rings (SSSR count). The highest BCUT2D eigenvalue weighted by atomic mass is 32.1. The summed E-state index contributed by atoms with van der Waals surface area (Å²) in [5, 5.41) is 58.4. The van der Waals surface area contributed by atoms with E-state index in [1.807, 2.05) is 0 Å². The van der Waals surface area contributed by atoms with Crippen LogP contribution in [0.15, 0.2) is 35.3 Å². The predicted octanol–water partition coefficient (Wildman–Crippen LogP) is -3.71. The molecule has 7 atom stereocenters. The van der Waals surface area contributed by atoms with Gasteiger partial charge in [-0.05, 0) is 30.7 Å². The van der Waals surface area contributed by atoms with Crippen LogP contribution in [0.1, 0.15) is 28.9 Å². The number of ether oxygens (including phenoxy) is 1. The molecule has 2 aromatic heterocycles. The molecule has 0 radical (unpaired) electrons. The van der Waals surface area contributed by atoms with Crippen LogP contribution in [-0.4, -0.2) is 124 Å². The van der Waals surface area contributed by atoms with Crippen molar-refractivity contribution in [2.45, 2.75) is 62.1 Å². The second kappa shape index (κ2) is 16.3. The number of carboxylic acids is 2. The van der Waals surface area contributed by atoms with E-state index in [0.717, 1.165) is 0 Å². The number of aromatic amines is 1. The lowest BCUT2D eigenvalue weighted by Gasteiger charge is -2.27. The van der Waals surface area contributed by atoms with Gasteiger partial charge in [-0.25, -0.2) is 19.6 Å². The van der Waals surface area contributed by atoms with E-state index in [-0.39, 0.29) is 35.0 Å². The molecule has 0 spiro atoms. The Hall–Kier alpha value is -5.42. The summed E-state index contributed by atoms with van der Waals surface area (Å²) < 4.78 is 5.01. The second-order valence-corrected chi connectivity index (χ2v) is 11.3. The van der Waals surface area contributed by atoms with Crippen molar-refractivity contribution >= 4 is 65.1 Å². The molecular formula is C28H33N9O12S. The van der Waals surface area contributed by atoms with Crippen molar-refractivity contribution in [2.24, 2.45) is 0 Å². The number of nitrogens with one attached hydrogen (secondary N) is 5. The van der Waals surface area contributed by atoms with E-state index in [0.29, 0.717) is 11.4 Å². The van der Waals surface area contributed by atoms with Gasteiger partial charge in [-0.3, -0.25) is 24.2 Å². The average molecular weight is 720 g/mol. The number of H-pyrrole nitrogens is 1. The number of anilines is 2. The van der Waals surface area contributed by atoms with Crippen molar-refractivity contribution in [3.63, 3.8) is 0 Å². The Morgan fingerprint density at radius 2 is 1.64 bits per heavy atom. The van der Waals surface area contributed by atoms with E-state index in [1.165, 1.54) is 30.5 Å². The molecule has 268 valence electrons. The van der Waals surface area contributed by atoms with Gasteiger partial charge in [0.1, 0.15) is 36.4 Å². The Balaban J connectivity index is 1.34. The average Bonchev–Trinajstić information content (AvgIpc) is 3.33. The van der Waals surface area contributed by atoms with Crippen LogP contribution in [0.25, 0.3) is 11.2 Å². The molecule has 1 unspecified atom stereocenters. The molecule has 22 heteroatoms. The number of hydrogen-bond acceptors (Lipinski definition) is 16. The first-order chi connectivity index (χ1) is 23.7. The number of nitrogens with two attached hydrogens (primary N) is 1. The fourth-order valence-corrected chi connectivity index (χ4v) is 4.96. The lowest BCUT2D eigenvalue weighted by atomic mass is 10.0. The molecule has 50 heavy (non-hydrogen) atoms. The zero-order valence-corrected chi connectivity index (χ0v) is 26.6. The molecule has 3 amide bonds. The molecule has 1 aliphatic heterocycles. The second-order valence-electron chi connectivity index (χ2n) is 10.9. The van der Waals surface area contributed by atoms with E-state index < -0.39 is 90.8 Å². The number of carbonyl (C=O) groups is 5. The molecule has 3 heterocycles. The highest BCUT2D eigenvalue weighted by Crippen LogP contribution is 2.23. The van der Waals surface area contributed by atoms with Gasteiger partial charge in [0.15, 0.2) is 17.5 Å². The number of aromatic nitrogens is 4. The van der Waals surface area contributed by atoms with Crippen molar-refractivity contribution in [1.82, 2.24) is 35.9 Å². The molecule has 1 fully saturated rings. The lowest BCUT2D eigenvalue weighted by molar-refractivity contribution is -0.149. The number of benzene rings is 1. The maximum atomic E-state index is 12.9. The van der Waals surface area contributed by atoms with Crippen molar-refractivity contribution in [1.29, 1.82) is 0 Å². The topological polar surface area (TPSA) is 341 Å². The number of nitrogen functional groups attached to an aromatic ring is 1. The Labute approximate surface area is 286 Å². The minimum atomic E-state index is -1.93. The van der Waals surface area contributed by atoms with E-state index in [9.17, 15) is 54.3 Å². The first-order valence-corrected chi connectivity index (χ1v) is 15.3. The Morgan fingerprint density at radius 1 is 0.960 bits per heavy atom. The SMILES string of the molecule is Nc1nc2ncc(CNc3ccc(C(=O)N[C@@H](CCC(=O)N[C@@H](C(=O)N[C@@H](CS)C(=O)O)C4O[C@H](O)[C@H](O)[C@H]4O)C(=O)O)cc3)nc2c(=O)[nH]1. The van der Waals surface area contributed by atoms with Gasteiger partial charge in [-0.1, -0.05) is 0 Å². The largest absolute Gasteiger partial charge is 0.480 e. The fraction of sp³-hybridized carbons (Fsp3) is 0.393. The molecular weight excluding hydrogens is 686 g/mol. The summed E-state index contributed by atoms with van der Waals surface area (Å²) in [6, 6.07) is 0.950. The summed E-state index contributed by atoms with van der Waals surface area (Å²) in [5.74, 6) is -6.30. The van der Waals surface area contributed by atoms with E-state index in [4.69, 9.17) is 10.5 Å². The third kappa shape index (κ3) is 9.17. The van der Waals surface area contributed by atoms with Crippen LogP contribution in [0.5, 0.6) is 0 Å². The number of thiol groups is 1. The third-order valence-corrected chi connectivity index (χ3v) is 7.74. The van der Waals surface area contributed by atoms with Crippen molar-refractivity contribution in [2.75, 3.05) is 16.8 Å². The van der Waals surface area contributed by atoms with Gasteiger partial charge >= 0.3 is 11.9 Å². The summed E-state index contributed by atoms with van der Waals surface area (Å²) >= 11 is 3.84. The molecule has 3 aromatic rings. The quantitative estimate of drug-likeness (QED) is 0.0672. The molecule has 1 aromatic carbocycles. The summed E-state index contributed by atoms with van der Waals surface area (Å²) in [7, 11) is 0. The normalized spacial score (nSPS) is 20.3. The van der Waals surface area contributed by atoms with Gasteiger partial charge in [-0.15, -0.1) is 0 Å². The van der Waals surface area contributed by atoms with Crippen molar-refractivity contribution in [3.05, 3.63) is 52.1 Å². The molecule has 1 saturated heterocycles. The maximum Gasteiger partial charge on any atom is 0.327 e. The predicted molar refractivity (Wildman–Crippen MR) is 173 cm³/mol. The number of aliphatic hydroxyl groups is 3. The van der Waals surface area contributed by atoms with E-state index in [1.54, 1.807) is 0 Å². The molecule has 1 aliphatic rings. The Morgan fingerprint density at radius 3 is 2.24 bits per heavy atom. The van der Waals surface area contributed by atoms with Crippen molar-refractivity contribution < 1.29 is 54.2 Å². The number of nitrogens with zero attached hydrogens (tertiary/aromatic N) is 3. The van der Waals surface area contributed by atoms with Crippen molar-refractivity contribution in [3.8, 4) is 0 Å². The number of carboxylic acid groups (broad SMARTS) is 2. The number of fused-ring (bicyclic) bond motifs is 1. The number of aliphatic carboxylic acids is 2. The highest BCUT2D eigenvalue weighted by Gasteiger charge is 2.48. The Bertz CT molecular complexity index is 1810. The summed E-state index contributed by atoms with van der Waals surface area (Å²) in [6.45, 7) is 0.145. The number of hydrogen-bond donors (Lipinski definition) is 12. The summed E-state index contributed by atoms with van der Waals surface area (Å²) in [4.78, 5) is 88.4. The van der Waals surface area contributed by atoms with Crippen LogP contribution < -0.4 is 32.6 Å². The number of aliphatic hydroxyl groups excluding tert-OH is 3. The summed E-state index contributed by atoms with van der Waals surface area (Å²) in [5.41, 5.74) is 6.05. The lowest BCUT2D eigenvalue weighted by Crippen LogP contribution is -2.59. The zero-order chi connectivity index (χ0) is 36.7. The standard InChI is InChI=1S/C28H33N9O12S/c29-28-36-21-17(24(43)37-28)32-12(8-31-21)7-30-11-3-1-10(2-4-11)22(41)33-13(25(44)45)5-6-15(38)35-16(20-18(39)19(40)27(48)49-20)23(42)34-14(9-50)26(46)47/h1-4,8,13-14,16,18-20,27,30,39-40,48,50H,5-7,9H2,(H,33,41)(H,34,42)(H,35,38)(H,44,45)(H,46,47)(H3,29,31,36,37,43)/t13-,14-,16+,18+,19+,20?,27-/m0/s1. The minimum Gasteiger partial charge on any atom is -0.480 e. The van der Waals surface area contributed by atoms with Gasteiger partial charge in [0, 0.05) is 23.4 Å². The van der Waals surface area contributed by atoms with E-state index >= 15 is 0 Å². The van der Waals surface area contributed by atoms with Gasteiger partial charge in [0.25, 0.3) is 11.5 Å². The minimum absolute atomic E-state index is 0.000676. The van der Waals surface area contributed by atoms with Crippen LogP contribution in [0.3, 0.4) is 0 Å². The first-order valence-electron chi connectivity index (χ1n) is 14.7. The zero-order valence-electron chi connectivity index (χ0n) is 25.7. The first kappa shape index (κ1) is 37.4. The van der Waals surface area contributed by atoms with Gasteiger partial charge < -0.3 is 57.3 Å². The van der Waals surface area contributed by atoms with Crippen LogP contribution >= 0.6 is 12.6 Å². The third-order valence-electron chi connectivity index (χ3n) is 7.37. The number of amides is 3. The smallest absolute Gasteiger partial charge is 0.327 e. The van der Waals surface area contributed by atoms with E-state index in [2.05, 4.69) is 53.8 Å². The Kier molecular flexibility index (Phi) is 12.2. The van der Waals surface area contributed by atoms with Crippen LogP contribution in [0, 0.1) is 0 Å². The molecule has 21 nitrogen and oxygen atoms in total. The monoisotopic (exact) mass is 719 g/mol. The number of carbonyl (C=O) groups excluding carboxylic acids is 3. The molecule has 0 saturated carbocycles. The van der Waals surface area contributed by atoms with Crippen LogP contribution in [0.2, 0.25) is 0 Å². The fourth-order valence-electron chi connectivity index (χ4n) is 4.71. The van der Waals surface area contributed by atoms with Gasteiger partial charge in [0.05, 0.1) is 18.4 Å². The molecule has 0 aliphatic carbocycles. The molecule has 0 bridgehead atoms. The van der Waals surface area contributed by atoms with Crippen LogP contribution in [0.4, 0.5) is 11.6 Å². The number of rotatable bonds is 15. The molecule has 12 N–H and O–H groups in total. The van der Waals surface area contributed by atoms with Crippen LogP contribution in [-0.2, 0) is 30.5 Å². The maximum absolute atomic E-state index is 12.9. The van der Waals surface area contributed by atoms with Gasteiger partial charge in [-0.2, -0.15) is 17.6 Å². The highest BCUT2D eigenvalue weighted by molar-refractivity contribution is 7.80. The summed E-state index contributed by atoms with van der Waals surface area (Å²) in [6.07, 6.45) is -7.01. The van der Waals surface area contributed by atoms with Gasteiger partial charge in [0.2, 0.25) is 17.8 Å².